The van der Waals surface area contributed by atoms with Gasteiger partial charge in [-0.2, -0.15) is 8.78 Å². The number of thiophene rings is 1. The van der Waals surface area contributed by atoms with Crippen molar-refractivity contribution < 1.29 is 36.3 Å². The highest BCUT2D eigenvalue weighted by Gasteiger charge is 2.32. The van der Waals surface area contributed by atoms with Crippen molar-refractivity contribution in [3.8, 4) is 5.75 Å². The Morgan fingerprint density at radius 1 is 1.23 bits per heavy atom. The third kappa shape index (κ3) is 5.33. The Kier molecular flexibility index (Phi) is 6.71. The van der Waals surface area contributed by atoms with E-state index in [1.165, 1.54) is 24.3 Å². The van der Waals surface area contributed by atoms with Crippen LogP contribution >= 0.6 is 11.3 Å². The van der Waals surface area contributed by atoms with Crippen LogP contribution in [0.3, 0.4) is 0 Å². The van der Waals surface area contributed by atoms with Gasteiger partial charge in [-0.05, 0) is 36.6 Å². The molecule has 0 spiro atoms. The lowest BCUT2D eigenvalue weighted by atomic mass is 10.1. The first-order valence-corrected chi connectivity index (χ1v) is 11.7. The summed E-state index contributed by atoms with van der Waals surface area (Å²) < 4.78 is 57.6. The van der Waals surface area contributed by atoms with Crippen molar-refractivity contribution in [2.24, 2.45) is 0 Å². The molecule has 1 N–H and O–H groups in total. The molecule has 0 aliphatic carbocycles. The first-order chi connectivity index (χ1) is 14.2. The lowest BCUT2D eigenvalue weighted by molar-refractivity contribution is -0.115. The number of amides is 1. The highest BCUT2D eigenvalue weighted by molar-refractivity contribution is 7.90. The van der Waals surface area contributed by atoms with Gasteiger partial charge in [0, 0.05) is 4.88 Å². The smallest absolute Gasteiger partial charge is 0.387 e. The van der Waals surface area contributed by atoms with E-state index in [9.17, 15) is 26.8 Å². The molecule has 3 rings (SSSR count). The van der Waals surface area contributed by atoms with Gasteiger partial charge in [-0.15, -0.1) is 11.3 Å². The van der Waals surface area contributed by atoms with E-state index in [1.807, 2.05) is 0 Å². The van der Waals surface area contributed by atoms with Gasteiger partial charge in [-0.25, -0.2) is 13.2 Å². The molecule has 2 aromatic rings. The minimum atomic E-state index is -3.25. The quantitative estimate of drug-likeness (QED) is 0.639. The summed E-state index contributed by atoms with van der Waals surface area (Å²) in [7, 11) is -3.25. The van der Waals surface area contributed by atoms with Crippen molar-refractivity contribution in [1.29, 1.82) is 0 Å². The van der Waals surface area contributed by atoms with Crippen LogP contribution in [0.4, 0.5) is 13.8 Å². The van der Waals surface area contributed by atoms with Crippen molar-refractivity contribution >= 4 is 38.1 Å². The number of fused-ring (bicyclic) bond motifs is 1. The fourth-order valence-corrected chi connectivity index (χ4v) is 6.13. The lowest BCUT2D eigenvalue weighted by Crippen LogP contribution is -2.20. The summed E-state index contributed by atoms with van der Waals surface area (Å²) in [5.41, 5.74) is 1.34. The van der Waals surface area contributed by atoms with Crippen molar-refractivity contribution in [3.05, 3.63) is 45.8 Å². The molecule has 30 heavy (non-hydrogen) atoms. The maximum absolute atomic E-state index is 12.5. The number of anilines is 1. The van der Waals surface area contributed by atoms with Gasteiger partial charge in [0.2, 0.25) is 5.91 Å². The van der Waals surface area contributed by atoms with Crippen LogP contribution in [0, 0.1) is 0 Å². The molecule has 0 saturated carbocycles. The number of carbonyl (C=O) groups excluding carboxylic acids is 2. The minimum Gasteiger partial charge on any atom is -0.462 e. The van der Waals surface area contributed by atoms with Gasteiger partial charge in [0.15, 0.2) is 9.84 Å². The van der Waals surface area contributed by atoms with Crippen LogP contribution in [-0.4, -0.2) is 39.3 Å². The number of benzene rings is 1. The van der Waals surface area contributed by atoms with E-state index < -0.39 is 28.3 Å². The van der Waals surface area contributed by atoms with Crippen LogP contribution in [0.25, 0.3) is 0 Å². The van der Waals surface area contributed by atoms with E-state index in [2.05, 4.69) is 10.1 Å². The molecule has 7 nitrogen and oxygen atoms in total. The average Bonchev–Trinajstić information content (AvgIpc) is 2.98. The molecule has 1 amide bonds. The number of rotatable bonds is 7. The Balaban J connectivity index is 1.79. The van der Waals surface area contributed by atoms with Gasteiger partial charge in [0.1, 0.15) is 10.8 Å². The topological polar surface area (TPSA) is 98.8 Å². The summed E-state index contributed by atoms with van der Waals surface area (Å²) in [5, 5.41) is 2.91. The number of hydrogen-bond acceptors (Lipinski definition) is 7. The van der Waals surface area contributed by atoms with E-state index in [0.717, 1.165) is 11.3 Å². The Morgan fingerprint density at radius 3 is 2.57 bits per heavy atom. The second-order valence-electron chi connectivity index (χ2n) is 6.52. The van der Waals surface area contributed by atoms with Crippen molar-refractivity contribution in [3.63, 3.8) is 0 Å². The van der Waals surface area contributed by atoms with Crippen molar-refractivity contribution in [2.45, 2.75) is 32.1 Å². The second kappa shape index (κ2) is 9.09. The predicted molar refractivity (Wildman–Crippen MR) is 107 cm³/mol. The molecular formula is C19H19F2NO6S2. The van der Waals surface area contributed by atoms with Crippen LogP contribution in [0.5, 0.6) is 5.75 Å². The van der Waals surface area contributed by atoms with Crippen molar-refractivity contribution in [2.75, 3.05) is 17.7 Å². The zero-order chi connectivity index (χ0) is 21.9. The Labute approximate surface area is 175 Å². The normalized spacial score (nSPS) is 14.8. The predicted octanol–water partition coefficient (Wildman–Crippen LogP) is 3.18. The van der Waals surface area contributed by atoms with E-state index in [0.29, 0.717) is 16.0 Å². The molecular weight excluding hydrogens is 440 g/mol. The Bertz CT molecular complexity index is 1050. The highest BCUT2D eigenvalue weighted by Crippen LogP contribution is 2.38. The molecule has 1 aliphatic rings. The molecule has 162 valence electrons. The van der Waals surface area contributed by atoms with Crippen LogP contribution in [0.2, 0.25) is 0 Å². The fraction of sp³-hybridized carbons (Fsp3) is 0.368. The molecule has 0 atom stereocenters. The van der Waals surface area contributed by atoms with Crippen molar-refractivity contribution in [1.82, 2.24) is 0 Å². The van der Waals surface area contributed by atoms with E-state index >= 15 is 0 Å². The number of nitrogens with one attached hydrogen (secondary N) is 1. The first-order valence-electron chi connectivity index (χ1n) is 9.04. The highest BCUT2D eigenvalue weighted by atomic mass is 32.2. The summed E-state index contributed by atoms with van der Waals surface area (Å²) in [5.74, 6) is -1.32. The maximum atomic E-state index is 12.5. The summed E-state index contributed by atoms with van der Waals surface area (Å²) in [4.78, 5) is 25.4. The zero-order valence-corrected chi connectivity index (χ0v) is 17.6. The molecule has 1 aliphatic heterocycles. The largest absolute Gasteiger partial charge is 0.462 e. The summed E-state index contributed by atoms with van der Waals surface area (Å²) in [6, 6.07) is 5.62. The minimum absolute atomic E-state index is 0.0223. The molecule has 11 heteroatoms. The molecule has 0 radical (unpaired) electrons. The molecule has 2 heterocycles. The average molecular weight is 459 g/mol. The van der Waals surface area contributed by atoms with E-state index in [4.69, 9.17) is 4.74 Å². The van der Waals surface area contributed by atoms with Gasteiger partial charge >= 0.3 is 12.6 Å². The second-order valence-corrected chi connectivity index (χ2v) is 9.81. The van der Waals surface area contributed by atoms with Crippen LogP contribution in [0.15, 0.2) is 24.3 Å². The Morgan fingerprint density at radius 2 is 1.93 bits per heavy atom. The number of alkyl halides is 2. The number of esters is 1. The Hall–Kier alpha value is -2.53. The van der Waals surface area contributed by atoms with E-state index in [-0.39, 0.29) is 47.3 Å². The van der Waals surface area contributed by atoms with Gasteiger partial charge in [0.25, 0.3) is 0 Å². The maximum Gasteiger partial charge on any atom is 0.387 e. The van der Waals surface area contributed by atoms with Gasteiger partial charge in [-0.3, -0.25) is 4.79 Å². The monoisotopic (exact) mass is 459 g/mol. The standard InChI is InChI=1S/C19H19F2NO6S2/c1-2-27-18(24)16-13-7-8-30(25,26)10-14(13)29-17(16)22-15(23)9-11-3-5-12(6-4-11)28-19(20)21/h3-6,19H,2,7-10H2,1H3,(H,22,23). The summed E-state index contributed by atoms with van der Waals surface area (Å²) >= 11 is 1.05. The molecule has 0 fully saturated rings. The number of ether oxygens (including phenoxy) is 2. The van der Waals surface area contributed by atoms with Gasteiger partial charge in [0.05, 0.1) is 30.1 Å². The number of hydrogen-bond donors (Lipinski definition) is 1. The summed E-state index contributed by atoms with van der Waals surface area (Å²) in [6.45, 7) is -1.14. The van der Waals surface area contributed by atoms with Crippen LogP contribution in [-0.2, 0) is 38.0 Å². The SMILES string of the molecule is CCOC(=O)c1c(NC(=O)Cc2ccc(OC(F)F)cc2)sc2c1CCS(=O)(=O)C2. The molecule has 0 saturated heterocycles. The summed E-state index contributed by atoms with van der Waals surface area (Å²) in [6.07, 6.45) is 0.113. The zero-order valence-electron chi connectivity index (χ0n) is 15.9. The van der Waals surface area contributed by atoms with Crippen LogP contribution < -0.4 is 10.1 Å². The molecule has 1 aromatic carbocycles. The number of carbonyl (C=O) groups is 2. The third-order valence-electron chi connectivity index (χ3n) is 4.35. The number of halogens is 2. The lowest BCUT2D eigenvalue weighted by Gasteiger charge is -2.13. The first kappa shape index (κ1) is 22.2. The molecule has 0 unspecified atom stereocenters. The molecule has 1 aromatic heterocycles. The fourth-order valence-electron chi connectivity index (χ4n) is 3.07. The van der Waals surface area contributed by atoms with Crippen LogP contribution in [0.1, 0.15) is 33.3 Å². The van der Waals surface area contributed by atoms with Gasteiger partial charge in [-0.1, -0.05) is 12.1 Å². The number of sulfone groups is 1. The van der Waals surface area contributed by atoms with E-state index in [1.54, 1.807) is 6.92 Å². The molecule has 0 bridgehead atoms. The third-order valence-corrected chi connectivity index (χ3v) is 7.24. The van der Waals surface area contributed by atoms with Gasteiger partial charge < -0.3 is 14.8 Å².